The van der Waals surface area contributed by atoms with Crippen molar-refractivity contribution in [1.29, 1.82) is 0 Å². The lowest BCUT2D eigenvalue weighted by Crippen LogP contribution is -2.30. The number of nitrogens with zero attached hydrogens (tertiary/aromatic N) is 4. The molecule has 0 aromatic carbocycles. The minimum Gasteiger partial charge on any atom is -0.481 e. The van der Waals surface area contributed by atoms with Crippen LogP contribution in [-0.2, 0) is 11.8 Å². The van der Waals surface area contributed by atoms with Gasteiger partial charge in [-0.1, -0.05) is 6.92 Å². The summed E-state index contributed by atoms with van der Waals surface area (Å²) in [7, 11) is 1.80. The van der Waals surface area contributed by atoms with E-state index in [-0.39, 0.29) is 18.4 Å². The van der Waals surface area contributed by atoms with Gasteiger partial charge >= 0.3 is 5.97 Å². The summed E-state index contributed by atoms with van der Waals surface area (Å²) in [6.07, 6.45) is 1.56. The first-order valence-electron chi connectivity index (χ1n) is 8.00. The SMILES string of the molecule is Cc1ccc(C)n1-c1c(C(=O)N2C[C@@H](C)[C@H](C(=O)O)C2)cnn1C. The molecule has 0 spiro atoms. The molecular weight excluding hydrogens is 308 g/mol. The van der Waals surface area contributed by atoms with Gasteiger partial charge in [0.25, 0.3) is 5.91 Å². The highest BCUT2D eigenvalue weighted by Gasteiger charge is 2.38. The Morgan fingerprint density at radius 3 is 2.38 bits per heavy atom. The van der Waals surface area contributed by atoms with Crippen molar-refractivity contribution in [2.24, 2.45) is 18.9 Å². The zero-order chi connectivity index (χ0) is 17.6. The summed E-state index contributed by atoms with van der Waals surface area (Å²) in [5, 5.41) is 13.5. The highest BCUT2D eigenvalue weighted by atomic mass is 16.4. The molecule has 2 atom stereocenters. The van der Waals surface area contributed by atoms with Crippen LogP contribution in [0.15, 0.2) is 18.3 Å². The molecule has 1 N–H and O–H groups in total. The van der Waals surface area contributed by atoms with Gasteiger partial charge in [0.15, 0.2) is 0 Å². The predicted octanol–water partition coefficient (Wildman–Crippen LogP) is 1.62. The molecule has 1 fully saturated rings. The van der Waals surface area contributed by atoms with E-state index in [9.17, 15) is 14.7 Å². The fraction of sp³-hybridized carbons (Fsp3) is 0.471. The van der Waals surface area contributed by atoms with Crippen LogP contribution < -0.4 is 0 Å². The average Bonchev–Trinajstić information content (AvgIpc) is 3.17. The first kappa shape index (κ1) is 16.3. The smallest absolute Gasteiger partial charge is 0.308 e. The number of aryl methyl sites for hydroxylation is 3. The number of likely N-dealkylation sites (tertiary alicyclic amines) is 1. The summed E-state index contributed by atoms with van der Waals surface area (Å²) in [6.45, 7) is 6.52. The molecule has 1 saturated heterocycles. The maximum Gasteiger partial charge on any atom is 0.308 e. The second-order valence-corrected chi connectivity index (χ2v) is 6.59. The monoisotopic (exact) mass is 330 g/mol. The standard InChI is InChI=1S/C17H22N4O3/c1-10-8-20(9-14(10)17(23)24)16(22)13-7-18-19(4)15(13)21-11(2)5-6-12(21)3/h5-7,10,14H,8-9H2,1-4H3,(H,23,24)/t10-,14-/m1/s1. The third-order valence-corrected chi connectivity index (χ3v) is 4.84. The van der Waals surface area contributed by atoms with Crippen molar-refractivity contribution < 1.29 is 14.7 Å². The van der Waals surface area contributed by atoms with Crippen molar-refractivity contribution in [2.45, 2.75) is 20.8 Å². The Morgan fingerprint density at radius 2 is 1.83 bits per heavy atom. The molecular formula is C17H22N4O3. The van der Waals surface area contributed by atoms with Crippen LogP contribution in [0.5, 0.6) is 0 Å². The second kappa shape index (κ2) is 5.81. The Balaban J connectivity index is 1.97. The number of amides is 1. The summed E-state index contributed by atoms with van der Waals surface area (Å²) in [4.78, 5) is 25.9. The lowest BCUT2D eigenvalue weighted by molar-refractivity contribution is -0.142. The quantitative estimate of drug-likeness (QED) is 0.927. The Hall–Kier alpha value is -2.57. The number of carboxylic acid groups (broad SMARTS) is 1. The van der Waals surface area contributed by atoms with Crippen molar-refractivity contribution in [3.8, 4) is 5.82 Å². The van der Waals surface area contributed by atoms with Crippen LogP contribution in [0.25, 0.3) is 5.82 Å². The second-order valence-electron chi connectivity index (χ2n) is 6.59. The van der Waals surface area contributed by atoms with Gasteiger partial charge in [0.2, 0.25) is 0 Å². The number of aliphatic carboxylic acids is 1. The van der Waals surface area contributed by atoms with Crippen LogP contribution >= 0.6 is 0 Å². The third-order valence-electron chi connectivity index (χ3n) is 4.84. The number of carbonyl (C=O) groups excluding carboxylic acids is 1. The van der Waals surface area contributed by atoms with Crippen LogP contribution in [0.3, 0.4) is 0 Å². The molecule has 128 valence electrons. The van der Waals surface area contributed by atoms with E-state index in [1.165, 1.54) is 0 Å². The Labute approximate surface area is 140 Å². The molecule has 0 unspecified atom stereocenters. The third kappa shape index (κ3) is 2.50. The van der Waals surface area contributed by atoms with E-state index in [0.29, 0.717) is 17.9 Å². The predicted molar refractivity (Wildman–Crippen MR) is 88.2 cm³/mol. The molecule has 3 heterocycles. The summed E-state index contributed by atoms with van der Waals surface area (Å²) in [5.41, 5.74) is 2.53. The van der Waals surface area contributed by atoms with Gasteiger partial charge in [-0.05, 0) is 31.9 Å². The van der Waals surface area contributed by atoms with E-state index in [1.54, 1.807) is 22.8 Å². The Kier molecular flexibility index (Phi) is 3.95. The highest BCUT2D eigenvalue weighted by Crippen LogP contribution is 2.27. The van der Waals surface area contributed by atoms with Gasteiger partial charge in [-0.2, -0.15) is 5.10 Å². The number of aromatic nitrogens is 3. The summed E-state index contributed by atoms with van der Waals surface area (Å²) in [6, 6.07) is 3.99. The zero-order valence-electron chi connectivity index (χ0n) is 14.4. The van der Waals surface area contributed by atoms with E-state index >= 15 is 0 Å². The molecule has 1 aliphatic heterocycles. The van der Waals surface area contributed by atoms with Crippen molar-refractivity contribution in [2.75, 3.05) is 13.1 Å². The molecule has 1 aliphatic rings. The van der Waals surface area contributed by atoms with Crippen LogP contribution in [0.4, 0.5) is 0 Å². The first-order valence-corrected chi connectivity index (χ1v) is 8.00. The Bertz CT molecular complexity index is 785. The number of carbonyl (C=O) groups is 2. The topological polar surface area (TPSA) is 80.4 Å². The fourth-order valence-corrected chi connectivity index (χ4v) is 3.47. The molecule has 7 nitrogen and oxygen atoms in total. The van der Waals surface area contributed by atoms with Crippen molar-refractivity contribution in [3.05, 3.63) is 35.3 Å². The minimum atomic E-state index is -0.846. The van der Waals surface area contributed by atoms with Crippen LogP contribution in [0.2, 0.25) is 0 Å². The molecule has 3 rings (SSSR count). The molecule has 0 aliphatic carbocycles. The van der Waals surface area contributed by atoms with Gasteiger partial charge < -0.3 is 14.6 Å². The lowest BCUT2D eigenvalue weighted by Gasteiger charge is -2.18. The van der Waals surface area contributed by atoms with E-state index < -0.39 is 11.9 Å². The molecule has 0 bridgehead atoms. The summed E-state index contributed by atoms with van der Waals surface area (Å²) >= 11 is 0. The van der Waals surface area contributed by atoms with Crippen molar-refractivity contribution in [3.63, 3.8) is 0 Å². The number of hydrogen-bond donors (Lipinski definition) is 1. The van der Waals surface area contributed by atoms with E-state index in [0.717, 1.165) is 11.4 Å². The molecule has 1 amide bonds. The van der Waals surface area contributed by atoms with Crippen LogP contribution in [0, 0.1) is 25.7 Å². The molecule has 0 radical (unpaired) electrons. The number of rotatable bonds is 3. The van der Waals surface area contributed by atoms with E-state index in [1.807, 2.05) is 37.5 Å². The summed E-state index contributed by atoms with van der Waals surface area (Å²) in [5.74, 6) is -0.861. The molecule has 24 heavy (non-hydrogen) atoms. The van der Waals surface area contributed by atoms with E-state index in [2.05, 4.69) is 5.10 Å². The molecule has 7 heteroatoms. The Morgan fingerprint density at radius 1 is 1.21 bits per heavy atom. The van der Waals surface area contributed by atoms with Gasteiger partial charge in [-0.25, -0.2) is 0 Å². The van der Waals surface area contributed by atoms with Gasteiger partial charge in [0.05, 0.1) is 12.1 Å². The van der Waals surface area contributed by atoms with Gasteiger partial charge in [-0.3, -0.25) is 14.3 Å². The number of carboxylic acids is 1. The van der Waals surface area contributed by atoms with Crippen molar-refractivity contribution in [1.82, 2.24) is 19.2 Å². The largest absolute Gasteiger partial charge is 0.481 e. The van der Waals surface area contributed by atoms with Crippen molar-refractivity contribution >= 4 is 11.9 Å². The maximum atomic E-state index is 13.0. The maximum absolute atomic E-state index is 13.0. The van der Waals surface area contributed by atoms with Crippen LogP contribution in [0.1, 0.15) is 28.7 Å². The normalized spacial score (nSPS) is 20.6. The lowest BCUT2D eigenvalue weighted by atomic mass is 9.99. The highest BCUT2D eigenvalue weighted by molar-refractivity contribution is 5.97. The van der Waals surface area contributed by atoms with Gasteiger partial charge in [0.1, 0.15) is 11.4 Å². The fourth-order valence-electron chi connectivity index (χ4n) is 3.47. The minimum absolute atomic E-state index is 0.0541. The average molecular weight is 330 g/mol. The van der Waals surface area contributed by atoms with Crippen LogP contribution in [-0.4, -0.2) is 49.3 Å². The van der Waals surface area contributed by atoms with Gasteiger partial charge in [-0.15, -0.1) is 0 Å². The molecule has 2 aromatic heterocycles. The van der Waals surface area contributed by atoms with E-state index in [4.69, 9.17) is 0 Å². The molecule has 0 saturated carbocycles. The summed E-state index contributed by atoms with van der Waals surface area (Å²) < 4.78 is 3.68. The molecule has 2 aromatic rings. The first-order chi connectivity index (χ1) is 11.3. The zero-order valence-corrected chi connectivity index (χ0v) is 14.4. The van der Waals surface area contributed by atoms with Gasteiger partial charge in [0, 0.05) is 31.5 Å². The number of hydrogen-bond acceptors (Lipinski definition) is 3.